The topological polar surface area (TPSA) is 84.2 Å². The molecule has 0 spiro atoms. The lowest BCUT2D eigenvalue weighted by Crippen LogP contribution is -2.35. The number of benzene rings is 3. The number of pyridine rings is 1. The fourth-order valence-corrected chi connectivity index (χ4v) is 5.16. The fraction of sp³-hybridized carbons (Fsp3) is 0.156. The van der Waals surface area contributed by atoms with E-state index in [0.717, 1.165) is 28.6 Å². The standard InChI is InChI=1S/C32H24F3N3O3/c33-32(34,35)25-8-4-20(5-9-25)19-38-16-12-22-17-23(27-3-1-2-15-36-27)18-26(28(22)38)29(39)37-31(13-14-31)24-10-6-21(7-11-24)30(40)41/h1-12,15-18H,13-14,19H2,(H,37,39)(H,40,41). The van der Waals surface area contributed by atoms with Crippen molar-refractivity contribution in [3.63, 3.8) is 0 Å². The highest BCUT2D eigenvalue weighted by atomic mass is 19.4. The zero-order valence-corrected chi connectivity index (χ0v) is 21.7. The number of fused-ring (bicyclic) bond motifs is 1. The van der Waals surface area contributed by atoms with Gasteiger partial charge in [-0.25, -0.2) is 4.79 Å². The van der Waals surface area contributed by atoms with Gasteiger partial charge in [-0.15, -0.1) is 0 Å². The average molecular weight is 556 g/mol. The van der Waals surface area contributed by atoms with E-state index in [0.29, 0.717) is 35.2 Å². The fourth-order valence-electron chi connectivity index (χ4n) is 5.16. The Kier molecular flexibility index (Phi) is 6.37. The monoisotopic (exact) mass is 555 g/mol. The van der Waals surface area contributed by atoms with Crippen molar-refractivity contribution in [3.8, 4) is 11.3 Å². The van der Waals surface area contributed by atoms with Crippen molar-refractivity contribution in [2.24, 2.45) is 0 Å². The average Bonchev–Trinajstić information content (AvgIpc) is 3.64. The molecule has 0 bridgehead atoms. The Hall–Kier alpha value is -4.92. The number of aromatic carboxylic acids is 1. The highest BCUT2D eigenvalue weighted by molar-refractivity contribution is 6.08. The molecule has 1 aliphatic carbocycles. The normalized spacial score (nSPS) is 14.1. The summed E-state index contributed by atoms with van der Waals surface area (Å²) in [5, 5.41) is 13.2. The van der Waals surface area contributed by atoms with E-state index in [2.05, 4.69) is 10.3 Å². The van der Waals surface area contributed by atoms with Gasteiger partial charge in [-0.05, 0) is 78.6 Å². The molecular weight excluding hydrogens is 531 g/mol. The highest BCUT2D eigenvalue weighted by Crippen LogP contribution is 2.46. The van der Waals surface area contributed by atoms with Crippen LogP contribution in [-0.2, 0) is 18.3 Å². The van der Waals surface area contributed by atoms with Gasteiger partial charge in [0, 0.05) is 29.9 Å². The third kappa shape index (κ3) is 5.18. The van der Waals surface area contributed by atoms with Crippen molar-refractivity contribution in [2.45, 2.75) is 31.1 Å². The van der Waals surface area contributed by atoms with E-state index in [9.17, 15) is 27.9 Å². The van der Waals surface area contributed by atoms with Gasteiger partial charge < -0.3 is 15.0 Å². The second-order valence-corrected chi connectivity index (χ2v) is 10.2. The number of alkyl halides is 3. The SMILES string of the molecule is O=C(O)c1ccc(C2(NC(=O)c3cc(-c4ccccn4)cc4ccn(Cc5ccc(C(F)(F)F)cc5)c34)CC2)cc1. The lowest BCUT2D eigenvalue weighted by molar-refractivity contribution is -0.137. The van der Waals surface area contributed by atoms with E-state index in [1.165, 1.54) is 24.3 Å². The number of carbonyl (C=O) groups excluding carboxylic acids is 1. The van der Waals surface area contributed by atoms with Crippen LogP contribution in [0.5, 0.6) is 0 Å². The van der Waals surface area contributed by atoms with Gasteiger partial charge >= 0.3 is 12.1 Å². The molecule has 1 amide bonds. The molecule has 2 heterocycles. The first-order chi connectivity index (χ1) is 19.6. The summed E-state index contributed by atoms with van der Waals surface area (Å²) in [6, 6.07) is 22.6. The first kappa shape index (κ1) is 26.3. The van der Waals surface area contributed by atoms with Crippen LogP contribution in [0.1, 0.15) is 50.2 Å². The second-order valence-electron chi connectivity index (χ2n) is 10.2. The molecule has 0 atom stereocenters. The van der Waals surface area contributed by atoms with Gasteiger partial charge in [-0.1, -0.05) is 30.3 Å². The molecule has 6 rings (SSSR count). The summed E-state index contributed by atoms with van der Waals surface area (Å²) in [5.41, 5.74) is 2.85. The minimum atomic E-state index is -4.42. The van der Waals surface area contributed by atoms with Gasteiger partial charge in [0.2, 0.25) is 0 Å². The van der Waals surface area contributed by atoms with E-state index in [1.807, 2.05) is 41.1 Å². The van der Waals surface area contributed by atoms with Crippen LogP contribution in [-0.4, -0.2) is 26.5 Å². The maximum absolute atomic E-state index is 13.9. The van der Waals surface area contributed by atoms with Crippen molar-refractivity contribution in [1.82, 2.24) is 14.9 Å². The van der Waals surface area contributed by atoms with Crippen LogP contribution >= 0.6 is 0 Å². The predicted octanol–water partition coefficient (Wildman–Crippen LogP) is 6.89. The first-order valence-corrected chi connectivity index (χ1v) is 13.0. The Morgan fingerprint density at radius 2 is 1.68 bits per heavy atom. The van der Waals surface area contributed by atoms with Crippen molar-refractivity contribution < 1.29 is 27.9 Å². The number of hydrogen-bond acceptors (Lipinski definition) is 3. The van der Waals surface area contributed by atoms with E-state index >= 15 is 0 Å². The van der Waals surface area contributed by atoms with E-state index in [1.54, 1.807) is 24.4 Å². The van der Waals surface area contributed by atoms with Crippen molar-refractivity contribution in [3.05, 3.63) is 125 Å². The molecule has 6 nitrogen and oxygen atoms in total. The molecule has 1 saturated carbocycles. The number of nitrogens with zero attached hydrogens (tertiary/aromatic N) is 2. The number of aromatic nitrogens is 2. The van der Waals surface area contributed by atoms with Crippen molar-refractivity contribution in [2.75, 3.05) is 0 Å². The molecule has 1 fully saturated rings. The Bertz CT molecular complexity index is 1760. The summed E-state index contributed by atoms with van der Waals surface area (Å²) in [4.78, 5) is 29.7. The second kappa shape index (κ2) is 9.92. The third-order valence-electron chi connectivity index (χ3n) is 7.49. The van der Waals surface area contributed by atoms with Gasteiger partial charge in [-0.2, -0.15) is 13.2 Å². The summed E-state index contributed by atoms with van der Waals surface area (Å²) >= 11 is 0. The first-order valence-electron chi connectivity index (χ1n) is 13.0. The van der Waals surface area contributed by atoms with Crippen LogP contribution in [0.4, 0.5) is 13.2 Å². The zero-order valence-electron chi connectivity index (χ0n) is 21.7. The summed E-state index contributed by atoms with van der Waals surface area (Å²) in [5.74, 6) is -1.33. The van der Waals surface area contributed by atoms with Crippen LogP contribution in [0, 0.1) is 0 Å². The molecule has 2 aromatic heterocycles. The molecule has 9 heteroatoms. The van der Waals surface area contributed by atoms with Crippen LogP contribution in [0.3, 0.4) is 0 Å². The van der Waals surface area contributed by atoms with E-state index in [-0.39, 0.29) is 18.0 Å². The Labute approximate surface area is 233 Å². The number of carboxylic acids is 1. The van der Waals surface area contributed by atoms with Gasteiger partial charge in [0.25, 0.3) is 5.91 Å². The Morgan fingerprint density at radius 1 is 0.951 bits per heavy atom. The molecular formula is C32H24F3N3O3. The molecule has 0 saturated heterocycles. The molecule has 41 heavy (non-hydrogen) atoms. The molecule has 0 radical (unpaired) electrons. The molecule has 5 aromatic rings. The van der Waals surface area contributed by atoms with Crippen LogP contribution < -0.4 is 5.32 Å². The smallest absolute Gasteiger partial charge is 0.416 e. The lowest BCUT2D eigenvalue weighted by Gasteiger charge is -2.20. The predicted molar refractivity (Wildman–Crippen MR) is 147 cm³/mol. The number of hydrogen-bond donors (Lipinski definition) is 2. The number of rotatable bonds is 7. The van der Waals surface area contributed by atoms with Gasteiger partial charge in [-0.3, -0.25) is 9.78 Å². The number of carboxylic acid groups (broad SMARTS) is 1. The summed E-state index contributed by atoms with van der Waals surface area (Å²) in [7, 11) is 0. The Balaban J connectivity index is 1.38. The van der Waals surface area contributed by atoms with Crippen LogP contribution in [0.15, 0.2) is 97.3 Å². The number of amides is 1. The summed E-state index contributed by atoms with van der Waals surface area (Å²) in [6.07, 6.45) is 0.494. The highest BCUT2D eigenvalue weighted by Gasteiger charge is 2.46. The quantitative estimate of drug-likeness (QED) is 0.229. The number of carbonyl (C=O) groups is 2. The Morgan fingerprint density at radius 3 is 2.29 bits per heavy atom. The van der Waals surface area contributed by atoms with Crippen molar-refractivity contribution in [1.29, 1.82) is 0 Å². The molecule has 2 N–H and O–H groups in total. The minimum absolute atomic E-state index is 0.168. The maximum Gasteiger partial charge on any atom is 0.416 e. The zero-order chi connectivity index (χ0) is 28.8. The van der Waals surface area contributed by atoms with Crippen LogP contribution in [0.25, 0.3) is 22.2 Å². The minimum Gasteiger partial charge on any atom is -0.478 e. The maximum atomic E-state index is 13.9. The molecule has 3 aromatic carbocycles. The summed E-state index contributed by atoms with van der Waals surface area (Å²) in [6.45, 7) is 0.270. The molecule has 0 aliphatic heterocycles. The molecule has 0 unspecified atom stereocenters. The lowest BCUT2D eigenvalue weighted by atomic mass is 10.00. The van der Waals surface area contributed by atoms with Crippen molar-refractivity contribution >= 4 is 22.8 Å². The van der Waals surface area contributed by atoms with E-state index in [4.69, 9.17) is 0 Å². The van der Waals surface area contributed by atoms with Gasteiger partial charge in [0.05, 0.1) is 33.4 Å². The number of nitrogens with one attached hydrogen (secondary N) is 1. The molecule has 206 valence electrons. The van der Waals surface area contributed by atoms with Crippen LogP contribution in [0.2, 0.25) is 0 Å². The largest absolute Gasteiger partial charge is 0.478 e. The number of halogens is 3. The van der Waals surface area contributed by atoms with E-state index < -0.39 is 23.2 Å². The van der Waals surface area contributed by atoms with Gasteiger partial charge in [0.15, 0.2) is 0 Å². The third-order valence-corrected chi connectivity index (χ3v) is 7.49. The van der Waals surface area contributed by atoms with Gasteiger partial charge in [0.1, 0.15) is 0 Å². The molecule has 1 aliphatic rings. The summed E-state index contributed by atoms with van der Waals surface area (Å²) < 4.78 is 41.0.